The van der Waals surface area contributed by atoms with Crippen LogP contribution in [0.4, 0.5) is 0 Å². The number of hydrogen-bond donors (Lipinski definition) is 1. The molecule has 18 heavy (non-hydrogen) atoms. The topological polar surface area (TPSA) is 35.6 Å². The normalized spacial score (nSPS) is 17.4. The van der Waals surface area contributed by atoms with E-state index >= 15 is 0 Å². The molecule has 0 aromatic heterocycles. The fourth-order valence-electron chi connectivity index (χ4n) is 2.56. The number of likely N-dealkylation sites (N-methyl/N-ethyl adjacent to an activating group) is 1. The number of hydrogen-bond acceptors (Lipinski definition) is 3. The minimum atomic E-state index is 0.311. The van der Waals surface area contributed by atoms with Crippen LogP contribution < -0.4 is 5.32 Å². The summed E-state index contributed by atoms with van der Waals surface area (Å²) in [5, 5.41) is 3.20. The van der Waals surface area contributed by atoms with Crippen LogP contribution in [0, 0.1) is 5.92 Å². The van der Waals surface area contributed by atoms with E-state index in [0.29, 0.717) is 12.5 Å². The van der Waals surface area contributed by atoms with Gasteiger partial charge in [0.2, 0.25) is 5.91 Å². The molecule has 0 unspecified atom stereocenters. The molecule has 0 saturated carbocycles. The second kappa shape index (κ2) is 8.48. The maximum atomic E-state index is 12.1. The van der Waals surface area contributed by atoms with Crippen LogP contribution in [0.5, 0.6) is 0 Å². The lowest BCUT2D eigenvalue weighted by molar-refractivity contribution is -0.133. The zero-order valence-corrected chi connectivity index (χ0v) is 12.2. The molecule has 1 heterocycles. The van der Waals surface area contributed by atoms with Gasteiger partial charge in [0, 0.05) is 13.1 Å². The van der Waals surface area contributed by atoms with Gasteiger partial charge in [0.25, 0.3) is 0 Å². The summed E-state index contributed by atoms with van der Waals surface area (Å²) < 4.78 is 0. The van der Waals surface area contributed by atoms with E-state index in [1.54, 1.807) is 0 Å². The second-order valence-electron chi connectivity index (χ2n) is 5.18. The largest absolute Gasteiger partial charge is 0.342 e. The highest BCUT2D eigenvalue weighted by atomic mass is 16.2. The third kappa shape index (κ3) is 4.94. The number of rotatable bonds is 7. The van der Waals surface area contributed by atoms with E-state index in [4.69, 9.17) is 0 Å². The van der Waals surface area contributed by atoms with Crippen LogP contribution >= 0.6 is 0 Å². The van der Waals surface area contributed by atoms with Crippen LogP contribution in [0.25, 0.3) is 0 Å². The van der Waals surface area contributed by atoms with Crippen LogP contribution in [0.2, 0.25) is 0 Å². The highest BCUT2D eigenvalue weighted by Crippen LogP contribution is 2.20. The third-order valence-electron chi connectivity index (χ3n) is 4.02. The summed E-state index contributed by atoms with van der Waals surface area (Å²) in [6.07, 6.45) is 3.59. The number of carbonyl (C=O) groups is 1. The molecule has 1 aliphatic heterocycles. The summed E-state index contributed by atoms with van der Waals surface area (Å²) >= 11 is 0. The monoisotopic (exact) mass is 255 g/mol. The first kappa shape index (κ1) is 15.4. The van der Waals surface area contributed by atoms with Gasteiger partial charge in [-0.05, 0) is 51.9 Å². The first-order valence-electron chi connectivity index (χ1n) is 7.35. The van der Waals surface area contributed by atoms with Gasteiger partial charge in [-0.3, -0.25) is 9.69 Å². The Morgan fingerprint density at radius 3 is 2.39 bits per heavy atom. The van der Waals surface area contributed by atoms with Crippen molar-refractivity contribution in [1.82, 2.24) is 15.1 Å². The van der Waals surface area contributed by atoms with Gasteiger partial charge in [0.1, 0.15) is 0 Å². The van der Waals surface area contributed by atoms with Gasteiger partial charge >= 0.3 is 0 Å². The van der Waals surface area contributed by atoms with Gasteiger partial charge in [-0.1, -0.05) is 13.8 Å². The van der Waals surface area contributed by atoms with Crippen molar-refractivity contribution in [3.63, 3.8) is 0 Å². The fraction of sp³-hybridized carbons (Fsp3) is 0.929. The van der Waals surface area contributed by atoms with Crippen molar-refractivity contribution in [2.75, 3.05) is 46.3 Å². The van der Waals surface area contributed by atoms with E-state index in [1.165, 1.54) is 19.3 Å². The molecule has 1 saturated heterocycles. The van der Waals surface area contributed by atoms with Gasteiger partial charge < -0.3 is 10.2 Å². The summed E-state index contributed by atoms with van der Waals surface area (Å²) in [5.41, 5.74) is 0. The smallest absolute Gasteiger partial charge is 0.236 e. The van der Waals surface area contributed by atoms with Crippen LogP contribution in [0.15, 0.2) is 0 Å². The average molecular weight is 255 g/mol. The summed E-state index contributed by atoms with van der Waals surface area (Å²) in [6.45, 7) is 9.73. The number of carbonyl (C=O) groups excluding carboxylic acids is 1. The molecule has 0 radical (unpaired) electrons. The lowest BCUT2D eigenvalue weighted by atomic mass is 9.93. The summed E-state index contributed by atoms with van der Waals surface area (Å²) in [7, 11) is 2.00. The van der Waals surface area contributed by atoms with E-state index < -0.39 is 0 Å². The van der Waals surface area contributed by atoms with E-state index in [9.17, 15) is 4.79 Å². The number of likely N-dealkylation sites (tertiary alicyclic amines) is 1. The van der Waals surface area contributed by atoms with Crippen molar-refractivity contribution in [1.29, 1.82) is 0 Å². The average Bonchev–Trinajstić information content (AvgIpc) is 2.42. The molecule has 106 valence electrons. The molecule has 4 heteroatoms. The highest BCUT2D eigenvalue weighted by molar-refractivity contribution is 5.78. The standard InChI is InChI=1S/C14H29N3O/c1-4-16(5-2)12-14(18)17-10-7-13(8-11-17)6-9-15-3/h13,15H,4-12H2,1-3H3. The molecule has 1 fully saturated rings. The molecule has 0 aromatic carbocycles. The molecule has 0 bridgehead atoms. The summed E-state index contributed by atoms with van der Waals surface area (Å²) in [4.78, 5) is 16.4. The first-order valence-corrected chi connectivity index (χ1v) is 7.35. The third-order valence-corrected chi connectivity index (χ3v) is 4.02. The van der Waals surface area contributed by atoms with E-state index in [2.05, 4.69) is 24.1 Å². The number of nitrogens with zero attached hydrogens (tertiary/aromatic N) is 2. The lowest BCUT2D eigenvalue weighted by Gasteiger charge is -2.33. The molecule has 1 amide bonds. The van der Waals surface area contributed by atoms with E-state index in [0.717, 1.165) is 38.6 Å². The van der Waals surface area contributed by atoms with Crippen molar-refractivity contribution >= 4 is 5.91 Å². The molecule has 1 N–H and O–H groups in total. The molecule has 0 spiro atoms. The molecule has 1 rings (SSSR count). The minimum Gasteiger partial charge on any atom is -0.342 e. The Hall–Kier alpha value is -0.610. The Morgan fingerprint density at radius 1 is 1.28 bits per heavy atom. The Balaban J connectivity index is 2.27. The molecule has 4 nitrogen and oxygen atoms in total. The zero-order valence-electron chi connectivity index (χ0n) is 12.2. The quantitative estimate of drug-likeness (QED) is 0.742. The minimum absolute atomic E-state index is 0.311. The molecule has 0 atom stereocenters. The van der Waals surface area contributed by atoms with Crippen LogP contribution in [0.1, 0.15) is 33.1 Å². The van der Waals surface area contributed by atoms with Gasteiger partial charge in [0.05, 0.1) is 6.54 Å². The van der Waals surface area contributed by atoms with Crippen molar-refractivity contribution in [2.24, 2.45) is 5.92 Å². The number of nitrogens with one attached hydrogen (secondary N) is 1. The predicted molar refractivity (Wildman–Crippen MR) is 75.6 cm³/mol. The SMILES string of the molecule is CCN(CC)CC(=O)N1CCC(CCNC)CC1. The maximum Gasteiger partial charge on any atom is 0.236 e. The van der Waals surface area contributed by atoms with Crippen molar-refractivity contribution in [3.8, 4) is 0 Å². The fourth-order valence-corrected chi connectivity index (χ4v) is 2.56. The maximum absolute atomic E-state index is 12.1. The molecule has 0 aliphatic carbocycles. The van der Waals surface area contributed by atoms with E-state index in [-0.39, 0.29) is 0 Å². The molecular weight excluding hydrogens is 226 g/mol. The predicted octanol–water partition coefficient (Wildman–Crippen LogP) is 1.18. The highest BCUT2D eigenvalue weighted by Gasteiger charge is 2.22. The number of amides is 1. The summed E-state index contributed by atoms with van der Waals surface area (Å²) in [6, 6.07) is 0. The number of piperidine rings is 1. The Labute approximate surface area is 112 Å². The van der Waals surface area contributed by atoms with Crippen molar-refractivity contribution in [2.45, 2.75) is 33.1 Å². The van der Waals surface area contributed by atoms with Crippen molar-refractivity contribution in [3.05, 3.63) is 0 Å². The first-order chi connectivity index (χ1) is 8.71. The van der Waals surface area contributed by atoms with Gasteiger partial charge in [-0.15, -0.1) is 0 Å². The van der Waals surface area contributed by atoms with E-state index in [1.807, 2.05) is 11.9 Å². The zero-order chi connectivity index (χ0) is 13.4. The molecule has 0 aromatic rings. The van der Waals surface area contributed by atoms with Crippen LogP contribution in [-0.4, -0.2) is 62.0 Å². The van der Waals surface area contributed by atoms with Gasteiger partial charge in [0.15, 0.2) is 0 Å². The Bertz CT molecular complexity index is 233. The summed E-state index contributed by atoms with van der Waals surface area (Å²) in [5.74, 6) is 1.11. The van der Waals surface area contributed by atoms with Gasteiger partial charge in [-0.2, -0.15) is 0 Å². The van der Waals surface area contributed by atoms with Crippen molar-refractivity contribution < 1.29 is 4.79 Å². The lowest BCUT2D eigenvalue weighted by Crippen LogP contribution is -2.44. The molecule has 1 aliphatic rings. The molecular formula is C14H29N3O. The van der Waals surface area contributed by atoms with Crippen LogP contribution in [0.3, 0.4) is 0 Å². The second-order valence-corrected chi connectivity index (χ2v) is 5.18. The van der Waals surface area contributed by atoms with Gasteiger partial charge in [-0.25, -0.2) is 0 Å². The van der Waals surface area contributed by atoms with Crippen LogP contribution in [-0.2, 0) is 4.79 Å². The Morgan fingerprint density at radius 2 is 1.89 bits per heavy atom. The Kier molecular flexibility index (Phi) is 7.28.